The van der Waals surface area contributed by atoms with E-state index in [1.807, 2.05) is 36.2 Å². The van der Waals surface area contributed by atoms with E-state index < -0.39 is 11.9 Å². The molecule has 5 nitrogen and oxygen atoms in total. The monoisotopic (exact) mass is 417 g/mol. The van der Waals surface area contributed by atoms with Crippen LogP contribution < -0.4 is 5.32 Å². The Morgan fingerprint density at radius 2 is 2.00 bits per heavy atom. The van der Waals surface area contributed by atoms with Crippen molar-refractivity contribution in [3.8, 4) is 0 Å². The van der Waals surface area contributed by atoms with Gasteiger partial charge >= 0.3 is 6.18 Å². The normalized spacial score (nSPS) is 12.4. The third-order valence-electron chi connectivity index (χ3n) is 3.55. The first-order valence-electron chi connectivity index (χ1n) is 7.47. The van der Waals surface area contributed by atoms with Gasteiger partial charge in [-0.05, 0) is 11.6 Å². The smallest absolute Gasteiger partial charge is 0.352 e. The lowest BCUT2D eigenvalue weighted by atomic mass is 10.2. The summed E-state index contributed by atoms with van der Waals surface area (Å²) in [6.07, 6.45) is -3.13. The molecule has 1 aromatic carbocycles. The molecule has 0 aliphatic carbocycles. The number of halogens is 4. The molecule has 1 N–H and O–H groups in total. The van der Waals surface area contributed by atoms with Crippen molar-refractivity contribution in [1.29, 1.82) is 0 Å². The van der Waals surface area contributed by atoms with Gasteiger partial charge in [-0.15, -0.1) is 0 Å². The zero-order valence-electron chi connectivity index (χ0n) is 14.1. The fraction of sp³-hybridized carbons (Fsp3) is 0.375. The summed E-state index contributed by atoms with van der Waals surface area (Å²) in [5.74, 6) is 0.493. The quantitative estimate of drug-likeness (QED) is 0.612. The predicted octanol–water partition coefficient (Wildman–Crippen LogP) is 3.41. The van der Waals surface area contributed by atoms with Gasteiger partial charge in [0.1, 0.15) is 0 Å². The SMILES string of the molecule is CN=C(NCc1cn(C)nc1C(F)(F)F)N(C)Cc1ccccc1Br. The molecule has 0 fully saturated rings. The van der Waals surface area contributed by atoms with Crippen LogP contribution >= 0.6 is 15.9 Å². The number of aryl methyl sites for hydroxylation is 1. The van der Waals surface area contributed by atoms with Gasteiger partial charge in [-0.1, -0.05) is 34.1 Å². The molecule has 25 heavy (non-hydrogen) atoms. The Balaban J connectivity index is 2.07. The van der Waals surface area contributed by atoms with Crippen molar-refractivity contribution in [2.75, 3.05) is 14.1 Å². The summed E-state index contributed by atoms with van der Waals surface area (Å²) in [4.78, 5) is 5.97. The van der Waals surface area contributed by atoms with E-state index in [0.717, 1.165) is 14.7 Å². The lowest BCUT2D eigenvalue weighted by Gasteiger charge is -2.22. The first kappa shape index (κ1) is 19.3. The Bertz CT molecular complexity index is 754. The van der Waals surface area contributed by atoms with E-state index in [0.29, 0.717) is 12.5 Å². The average Bonchev–Trinajstić information content (AvgIpc) is 2.91. The Morgan fingerprint density at radius 1 is 1.32 bits per heavy atom. The summed E-state index contributed by atoms with van der Waals surface area (Å²) in [6.45, 7) is 0.538. The molecule has 0 radical (unpaired) electrons. The van der Waals surface area contributed by atoms with Crippen LogP contribution in [-0.4, -0.2) is 34.7 Å². The summed E-state index contributed by atoms with van der Waals surface area (Å²) in [5.41, 5.74) is 0.238. The van der Waals surface area contributed by atoms with Crippen molar-refractivity contribution in [1.82, 2.24) is 20.0 Å². The number of hydrogen-bond acceptors (Lipinski definition) is 2. The summed E-state index contributed by atoms with van der Waals surface area (Å²) in [5, 5.41) is 6.46. The van der Waals surface area contributed by atoms with Crippen LogP contribution in [0.25, 0.3) is 0 Å². The molecule has 2 aromatic rings. The third-order valence-corrected chi connectivity index (χ3v) is 4.32. The van der Waals surface area contributed by atoms with Gasteiger partial charge in [0.25, 0.3) is 0 Å². The van der Waals surface area contributed by atoms with Gasteiger partial charge < -0.3 is 10.2 Å². The number of hydrogen-bond donors (Lipinski definition) is 1. The maximum absolute atomic E-state index is 13.0. The first-order chi connectivity index (χ1) is 11.7. The summed E-state index contributed by atoms with van der Waals surface area (Å²) >= 11 is 3.48. The van der Waals surface area contributed by atoms with Crippen LogP contribution in [0, 0.1) is 0 Å². The highest BCUT2D eigenvalue weighted by atomic mass is 79.9. The van der Waals surface area contributed by atoms with E-state index in [2.05, 4.69) is 31.3 Å². The largest absolute Gasteiger partial charge is 0.435 e. The fourth-order valence-corrected chi connectivity index (χ4v) is 2.83. The van der Waals surface area contributed by atoms with Crippen molar-refractivity contribution in [3.05, 3.63) is 51.8 Å². The molecule has 9 heteroatoms. The third kappa shape index (κ3) is 4.97. The number of aliphatic imine (C=N–C) groups is 1. The second-order valence-corrected chi connectivity index (χ2v) is 6.38. The minimum Gasteiger partial charge on any atom is -0.352 e. The number of guanidine groups is 1. The number of rotatable bonds is 4. The molecule has 0 bridgehead atoms. The molecule has 0 amide bonds. The van der Waals surface area contributed by atoms with Crippen molar-refractivity contribution in [2.45, 2.75) is 19.3 Å². The molecule has 0 unspecified atom stereocenters. The number of aromatic nitrogens is 2. The second kappa shape index (κ2) is 7.90. The summed E-state index contributed by atoms with van der Waals surface area (Å²) in [7, 11) is 4.88. The fourth-order valence-electron chi connectivity index (χ4n) is 2.42. The van der Waals surface area contributed by atoms with Crippen LogP contribution in [-0.2, 0) is 26.3 Å². The molecule has 2 rings (SSSR count). The Morgan fingerprint density at radius 3 is 2.60 bits per heavy atom. The van der Waals surface area contributed by atoms with Gasteiger partial charge in [0.05, 0.1) is 0 Å². The van der Waals surface area contributed by atoms with Gasteiger partial charge in [0, 0.05) is 50.5 Å². The lowest BCUT2D eigenvalue weighted by molar-refractivity contribution is -0.142. The summed E-state index contributed by atoms with van der Waals surface area (Å²) in [6, 6.07) is 7.75. The molecule has 0 saturated heterocycles. The molecule has 136 valence electrons. The standard InChI is InChI=1S/C16H19BrF3N5/c1-21-15(24(2)9-11-6-4-5-7-13(11)17)22-8-12-10-25(3)23-14(12)16(18,19)20/h4-7,10H,8-9H2,1-3H3,(H,21,22). The van der Waals surface area contributed by atoms with Crippen LogP contribution in [0.3, 0.4) is 0 Å². The molecule has 1 heterocycles. The molecular formula is C16H19BrF3N5. The van der Waals surface area contributed by atoms with E-state index in [1.54, 1.807) is 7.05 Å². The molecule has 1 aromatic heterocycles. The van der Waals surface area contributed by atoms with Crippen molar-refractivity contribution in [2.24, 2.45) is 12.0 Å². The zero-order chi connectivity index (χ0) is 18.6. The van der Waals surface area contributed by atoms with E-state index in [1.165, 1.54) is 13.2 Å². The topological polar surface area (TPSA) is 45.5 Å². The first-order valence-corrected chi connectivity index (χ1v) is 8.26. The van der Waals surface area contributed by atoms with Crippen molar-refractivity contribution in [3.63, 3.8) is 0 Å². The molecule has 0 saturated carbocycles. The van der Waals surface area contributed by atoms with Gasteiger partial charge in [0.2, 0.25) is 0 Å². The zero-order valence-corrected chi connectivity index (χ0v) is 15.7. The van der Waals surface area contributed by atoms with E-state index in [4.69, 9.17) is 0 Å². The molecule has 0 atom stereocenters. The van der Waals surface area contributed by atoms with E-state index >= 15 is 0 Å². The van der Waals surface area contributed by atoms with E-state index in [-0.39, 0.29) is 12.1 Å². The predicted molar refractivity (Wildman–Crippen MR) is 94.0 cm³/mol. The van der Waals surface area contributed by atoms with Crippen LogP contribution in [0.1, 0.15) is 16.8 Å². The number of nitrogens with zero attached hydrogens (tertiary/aromatic N) is 4. The highest BCUT2D eigenvalue weighted by Crippen LogP contribution is 2.30. The second-order valence-electron chi connectivity index (χ2n) is 5.52. The molecule has 0 spiro atoms. The molecular weight excluding hydrogens is 399 g/mol. The molecule has 0 aliphatic rings. The van der Waals surface area contributed by atoms with Gasteiger partial charge in [-0.2, -0.15) is 18.3 Å². The average molecular weight is 418 g/mol. The Kier molecular flexibility index (Phi) is 6.10. The number of benzene rings is 1. The number of alkyl halides is 3. The highest BCUT2D eigenvalue weighted by molar-refractivity contribution is 9.10. The summed E-state index contributed by atoms with van der Waals surface area (Å²) < 4.78 is 41.1. The highest BCUT2D eigenvalue weighted by Gasteiger charge is 2.36. The lowest BCUT2D eigenvalue weighted by Crippen LogP contribution is -2.38. The van der Waals surface area contributed by atoms with Gasteiger partial charge in [-0.3, -0.25) is 9.67 Å². The van der Waals surface area contributed by atoms with Crippen LogP contribution in [0.5, 0.6) is 0 Å². The van der Waals surface area contributed by atoms with E-state index in [9.17, 15) is 13.2 Å². The maximum Gasteiger partial charge on any atom is 0.435 e. The number of nitrogens with one attached hydrogen (secondary N) is 1. The Labute approximate surface area is 152 Å². The van der Waals surface area contributed by atoms with Crippen molar-refractivity contribution < 1.29 is 13.2 Å². The maximum atomic E-state index is 13.0. The minimum absolute atomic E-state index is 0.0182. The van der Waals surface area contributed by atoms with Gasteiger partial charge in [-0.25, -0.2) is 0 Å². The van der Waals surface area contributed by atoms with Crippen LogP contribution in [0.15, 0.2) is 39.9 Å². The Hall–Kier alpha value is -2.03. The van der Waals surface area contributed by atoms with Crippen LogP contribution in [0.4, 0.5) is 13.2 Å². The van der Waals surface area contributed by atoms with Gasteiger partial charge in [0.15, 0.2) is 11.7 Å². The minimum atomic E-state index is -4.48. The van der Waals surface area contributed by atoms with Crippen LogP contribution in [0.2, 0.25) is 0 Å². The molecule has 0 aliphatic heterocycles. The van der Waals surface area contributed by atoms with Crippen molar-refractivity contribution >= 4 is 21.9 Å².